The maximum absolute atomic E-state index is 12.6. The number of nitrogens with one attached hydrogen (secondary N) is 3. The third-order valence-electron chi connectivity index (χ3n) is 5.62. The number of unbranched alkanes of at least 4 members (excludes halogenated alkanes) is 4. The Kier molecular flexibility index (Phi) is 10.5. The Balaban J connectivity index is 1.65. The van der Waals surface area contributed by atoms with E-state index in [2.05, 4.69) is 27.5 Å². The molecule has 0 fully saturated rings. The Morgan fingerprint density at radius 2 is 1.75 bits per heavy atom. The van der Waals surface area contributed by atoms with Crippen molar-refractivity contribution in [2.24, 2.45) is 0 Å². The third kappa shape index (κ3) is 7.95. The maximum Gasteiger partial charge on any atom is 0.255 e. The first-order chi connectivity index (χ1) is 17.5. The van der Waals surface area contributed by atoms with Crippen LogP contribution in [0.3, 0.4) is 0 Å². The van der Waals surface area contributed by atoms with Crippen molar-refractivity contribution in [3.8, 4) is 0 Å². The lowest BCUT2D eigenvalue weighted by Gasteiger charge is -2.05. The molecule has 1 heterocycles. The van der Waals surface area contributed by atoms with Crippen LogP contribution in [0.5, 0.6) is 0 Å². The van der Waals surface area contributed by atoms with Crippen molar-refractivity contribution in [2.45, 2.75) is 46.0 Å². The van der Waals surface area contributed by atoms with Crippen LogP contribution >= 0.6 is 11.6 Å². The van der Waals surface area contributed by atoms with Crippen molar-refractivity contribution in [1.82, 2.24) is 20.6 Å². The van der Waals surface area contributed by atoms with Crippen LogP contribution in [0.25, 0.3) is 16.6 Å². The number of hydrogen-bond acceptors (Lipinski definition) is 3. The van der Waals surface area contributed by atoms with Gasteiger partial charge in [-0.2, -0.15) is 0 Å². The zero-order chi connectivity index (χ0) is 25.8. The number of carbonyl (C=O) groups excluding carboxylic acids is 2. The van der Waals surface area contributed by atoms with Crippen LogP contribution in [0.1, 0.15) is 72.5 Å². The number of aromatic nitrogens is 2. The SMILES string of the molecule is C\C=C/C(=C\C=C\NC(=O)c1ccc(Cl)cc1)c1nc2ccc(C(=O)NCCCCCCC)cc2[nH]1. The summed E-state index contributed by atoms with van der Waals surface area (Å²) < 4.78 is 0. The van der Waals surface area contributed by atoms with Crippen LogP contribution in [0, 0.1) is 0 Å². The zero-order valence-electron chi connectivity index (χ0n) is 20.8. The molecule has 2 amide bonds. The van der Waals surface area contributed by atoms with Crippen LogP contribution in [-0.2, 0) is 0 Å². The van der Waals surface area contributed by atoms with E-state index >= 15 is 0 Å². The molecule has 0 radical (unpaired) electrons. The molecular weight excluding hydrogens is 472 g/mol. The number of aromatic amines is 1. The highest BCUT2D eigenvalue weighted by Crippen LogP contribution is 2.20. The van der Waals surface area contributed by atoms with Gasteiger partial charge in [0, 0.05) is 34.5 Å². The minimum Gasteiger partial charge on any atom is -0.352 e. The van der Waals surface area contributed by atoms with E-state index < -0.39 is 0 Å². The Morgan fingerprint density at radius 1 is 1.00 bits per heavy atom. The van der Waals surface area contributed by atoms with E-state index in [9.17, 15) is 9.59 Å². The molecule has 7 heteroatoms. The topological polar surface area (TPSA) is 86.9 Å². The highest BCUT2D eigenvalue weighted by molar-refractivity contribution is 6.30. The molecule has 0 saturated heterocycles. The number of imidazole rings is 1. The number of rotatable bonds is 12. The molecule has 0 unspecified atom stereocenters. The van der Waals surface area contributed by atoms with Crippen molar-refractivity contribution in [2.75, 3.05) is 6.54 Å². The highest BCUT2D eigenvalue weighted by atomic mass is 35.5. The lowest BCUT2D eigenvalue weighted by Crippen LogP contribution is -2.24. The molecule has 1 aromatic heterocycles. The molecule has 0 aliphatic carbocycles. The predicted octanol–water partition coefficient (Wildman–Crippen LogP) is 6.82. The average molecular weight is 505 g/mol. The molecule has 3 N–H and O–H groups in total. The smallest absolute Gasteiger partial charge is 0.255 e. The van der Waals surface area contributed by atoms with Gasteiger partial charge in [-0.15, -0.1) is 0 Å². The Morgan fingerprint density at radius 3 is 2.50 bits per heavy atom. The molecule has 3 rings (SSSR count). The summed E-state index contributed by atoms with van der Waals surface area (Å²) in [6.07, 6.45) is 14.8. The van der Waals surface area contributed by atoms with Gasteiger partial charge in [0.15, 0.2) is 0 Å². The van der Waals surface area contributed by atoms with E-state index in [1.165, 1.54) is 19.3 Å². The largest absolute Gasteiger partial charge is 0.352 e. The molecule has 0 spiro atoms. The summed E-state index contributed by atoms with van der Waals surface area (Å²) in [6, 6.07) is 12.2. The fourth-order valence-electron chi connectivity index (χ4n) is 3.67. The molecule has 3 aromatic rings. The minimum absolute atomic E-state index is 0.0767. The molecule has 2 aromatic carbocycles. The predicted molar refractivity (Wildman–Crippen MR) is 148 cm³/mol. The fraction of sp³-hybridized carbons (Fsp3) is 0.276. The van der Waals surface area contributed by atoms with E-state index in [0.717, 1.165) is 29.4 Å². The van der Waals surface area contributed by atoms with Crippen molar-refractivity contribution in [1.29, 1.82) is 0 Å². The molecule has 0 bridgehead atoms. The maximum atomic E-state index is 12.6. The second-order valence-corrected chi connectivity index (χ2v) is 8.89. The van der Waals surface area contributed by atoms with E-state index in [0.29, 0.717) is 28.5 Å². The van der Waals surface area contributed by atoms with E-state index in [4.69, 9.17) is 11.6 Å². The van der Waals surface area contributed by atoms with Gasteiger partial charge in [0.1, 0.15) is 5.82 Å². The molecule has 6 nitrogen and oxygen atoms in total. The molecule has 0 atom stereocenters. The highest BCUT2D eigenvalue weighted by Gasteiger charge is 2.10. The molecular formula is C29H33ClN4O2. The first-order valence-electron chi connectivity index (χ1n) is 12.4. The van der Waals surface area contributed by atoms with Gasteiger partial charge in [-0.25, -0.2) is 4.98 Å². The summed E-state index contributed by atoms with van der Waals surface area (Å²) in [4.78, 5) is 32.8. The Bertz CT molecular complexity index is 1260. The second-order valence-electron chi connectivity index (χ2n) is 8.45. The summed E-state index contributed by atoms with van der Waals surface area (Å²) in [6.45, 7) is 4.80. The van der Waals surface area contributed by atoms with Gasteiger partial charge >= 0.3 is 0 Å². The number of benzene rings is 2. The van der Waals surface area contributed by atoms with Crippen molar-refractivity contribution in [3.63, 3.8) is 0 Å². The lowest BCUT2D eigenvalue weighted by atomic mass is 10.1. The number of nitrogens with zero attached hydrogens (tertiary/aromatic N) is 1. The number of H-pyrrole nitrogens is 1. The average Bonchev–Trinajstić information content (AvgIpc) is 3.31. The van der Waals surface area contributed by atoms with Crippen molar-refractivity contribution >= 4 is 40.0 Å². The monoisotopic (exact) mass is 504 g/mol. The summed E-state index contributed by atoms with van der Waals surface area (Å²) in [5.74, 6) is 0.372. The van der Waals surface area contributed by atoms with Gasteiger partial charge in [-0.3, -0.25) is 9.59 Å². The summed E-state index contributed by atoms with van der Waals surface area (Å²) in [5, 5.41) is 6.32. The number of halogens is 1. The number of fused-ring (bicyclic) bond motifs is 1. The Hall–Kier alpha value is -3.64. The van der Waals surface area contributed by atoms with Crippen molar-refractivity contribution in [3.05, 3.63) is 94.9 Å². The zero-order valence-corrected chi connectivity index (χ0v) is 21.6. The summed E-state index contributed by atoms with van der Waals surface area (Å²) in [5.41, 5.74) is 3.53. The van der Waals surface area contributed by atoms with E-state index in [1.54, 1.807) is 42.6 Å². The number of carbonyl (C=O) groups is 2. The van der Waals surface area contributed by atoms with Crippen LogP contribution in [0.4, 0.5) is 0 Å². The van der Waals surface area contributed by atoms with Gasteiger partial charge in [0.2, 0.25) is 0 Å². The number of allylic oxidation sites excluding steroid dienone is 5. The van der Waals surface area contributed by atoms with E-state index in [-0.39, 0.29) is 11.8 Å². The van der Waals surface area contributed by atoms with Gasteiger partial charge in [-0.05, 0) is 68.0 Å². The third-order valence-corrected chi connectivity index (χ3v) is 5.87. The number of amides is 2. The van der Waals surface area contributed by atoms with Crippen LogP contribution < -0.4 is 10.6 Å². The quantitative estimate of drug-likeness (QED) is 0.187. The first-order valence-corrected chi connectivity index (χ1v) is 12.7. The van der Waals surface area contributed by atoms with Crippen LogP contribution in [-0.4, -0.2) is 28.3 Å². The summed E-state index contributed by atoms with van der Waals surface area (Å²) >= 11 is 5.87. The molecule has 0 saturated carbocycles. The Labute approximate surface area is 217 Å². The van der Waals surface area contributed by atoms with E-state index in [1.807, 2.05) is 37.3 Å². The first kappa shape index (κ1) is 27.0. The second kappa shape index (κ2) is 14.0. The molecule has 36 heavy (non-hydrogen) atoms. The van der Waals surface area contributed by atoms with Gasteiger partial charge in [-0.1, -0.05) is 56.4 Å². The molecule has 0 aliphatic heterocycles. The standard InChI is InChI=1S/C29H33ClN4O2/c1-3-5-6-7-8-18-31-29(36)23-14-17-25-26(20-23)34-27(33-25)21(10-4-2)11-9-19-32-28(35)22-12-15-24(30)16-13-22/h4,9-17,19-20H,3,5-8,18H2,1-2H3,(H,31,36)(H,32,35)(H,33,34)/b10-4-,19-9+,21-11+. The normalized spacial score (nSPS) is 12.0. The lowest BCUT2D eigenvalue weighted by molar-refractivity contribution is 0.0949. The van der Waals surface area contributed by atoms with Crippen LogP contribution in [0.15, 0.2) is 73.0 Å². The molecule has 188 valence electrons. The van der Waals surface area contributed by atoms with Gasteiger partial charge in [0.05, 0.1) is 11.0 Å². The number of hydrogen-bond donors (Lipinski definition) is 3. The van der Waals surface area contributed by atoms with Crippen molar-refractivity contribution < 1.29 is 9.59 Å². The van der Waals surface area contributed by atoms with Crippen LogP contribution in [0.2, 0.25) is 5.02 Å². The summed E-state index contributed by atoms with van der Waals surface area (Å²) in [7, 11) is 0. The van der Waals surface area contributed by atoms with Gasteiger partial charge < -0.3 is 15.6 Å². The molecule has 0 aliphatic rings. The van der Waals surface area contributed by atoms with Gasteiger partial charge in [0.25, 0.3) is 11.8 Å². The fourth-order valence-corrected chi connectivity index (χ4v) is 3.80. The minimum atomic E-state index is -0.223.